The fourth-order valence-corrected chi connectivity index (χ4v) is 5.80. The molecule has 0 spiro atoms. The SMILES string of the molecule is COc1cc(C)c(S(=O)N(C)CCC(=O)Nc2ccc(N3CCN(c4ccncc4)CC3)cc2)c(C)c1. The van der Waals surface area contributed by atoms with Crippen LogP contribution in [0.4, 0.5) is 17.1 Å². The van der Waals surface area contributed by atoms with E-state index in [-0.39, 0.29) is 12.3 Å². The van der Waals surface area contributed by atoms with Gasteiger partial charge in [-0.05, 0) is 73.5 Å². The number of ether oxygens (including phenoxy) is 1. The third-order valence-corrected chi connectivity index (χ3v) is 8.35. The molecule has 1 N–H and O–H groups in total. The quantitative estimate of drug-likeness (QED) is 0.458. The van der Waals surface area contributed by atoms with Crippen molar-refractivity contribution < 1.29 is 13.7 Å². The molecule has 1 aliphatic heterocycles. The Kier molecular flexibility index (Phi) is 8.78. The molecule has 2 aromatic carbocycles. The molecule has 1 amide bonds. The molecular weight excluding hydrogens is 486 g/mol. The summed E-state index contributed by atoms with van der Waals surface area (Å²) in [6.45, 7) is 8.00. The molecule has 1 unspecified atom stereocenters. The second-order valence-corrected chi connectivity index (χ2v) is 10.7. The molecule has 2 heterocycles. The lowest BCUT2D eigenvalue weighted by Gasteiger charge is -2.37. The molecule has 3 aromatic rings. The van der Waals surface area contributed by atoms with Crippen LogP contribution in [0, 0.1) is 13.8 Å². The summed E-state index contributed by atoms with van der Waals surface area (Å²) in [5, 5.41) is 2.96. The maximum absolute atomic E-state index is 13.1. The Morgan fingerprint density at radius 3 is 2.05 bits per heavy atom. The minimum Gasteiger partial charge on any atom is -0.497 e. The lowest BCUT2D eigenvalue weighted by atomic mass is 10.1. The van der Waals surface area contributed by atoms with E-state index in [2.05, 4.69) is 20.1 Å². The molecule has 9 heteroatoms. The van der Waals surface area contributed by atoms with Gasteiger partial charge in [0.1, 0.15) is 16.7 Å². The fraction of sp³-hybridized carbons (Fsp3) is 0.357. The summed E-state index contributed by atoms with van der Waals surface area (Å²) >= 11 is 0. The Balaban J connectivity index is 1.25. The van der Waals surface area contributed by atoms with Crippen molar-refractivity contribution in [3.05, 3.63) is 72.1 Å². The number of piperazine rings is 1. The highest BCUT2D eigenvalue weighted by atomic mass is 32.2. The monoisotopic (exact) mass is 521 g/mol. The van der Waals surface area contributed by atoms with Gasteiger partial charge in [-0.3, -0.25) is 9.78 Å². The summed E-state index contributed by atoms with van der Waals surface area (Å²) in [5.41, 5.74) is 4.93. The van der Waals surface area contributed by atoms with Crippen LogP contribution in [0.3, 0.4) is 0 Å². The highest BCUT2D eigenvalue weighted by molar-refractivity contribution is 7.82. The van der Waals surface area contributed by atoms with Crippen LogP contribution in [0.2, 0.25) is 0 Å². The standard InChI is InChI=1S/C28H35N5O3S/c1-21-19-26(36-4)20-22(2)28(21)37(35)31(3)14-11-27(34)30-23-5-7-24(8-6-23)32-15-17-33(18-16-32)25-9-12-29-13-10-25/h5-10,12-13,19-20H,11,14-18H2,1-4H3,(H,30,34). The molecule has 1 saturated heterocycles. The fourth-order valence-electron chi connectivity index (χ4n) is 4.56. The number of amides is 1. The number of aromatic nitrogens is 1. The average Bonchev–Trinajstić information content (AvgIpc) is 2.92. The highest BCUT2D eigenvalue weighted by Gasteiger charge is 2.19. The van der Waals surface area contributed by atoms with Crippen molar-refractivity contribution in [1.82, 2.24) is 9.29 Å². The number of carbonyl (C=O) groups is 1. The molecule has 0 radical (unpaired) electrons. The predicted molar refractivity (Wildman–Crippen MR) is 150 cm³/mol. The normalized spacial score (nSPS) is 14.5. The summed E-state index contributed by atoms with van der Waals surface area (Å²) in [7, 11) is 2.03. The largest absolute Gasteiger partial charge is 0.497 e. The zero-order valence-electron chi connectivity index (χ0n) is 21.9. The molecule has 1 aromatic heterocycles. The molecular formula is C28H35N5O3S. The number of rotatable bonds is 9. The Bertz CT molecular complexity index is 1210. The Morgan fingerprint density at radius 2 is 1.51 bits per heavy atom. The van der Waals surface area contributed by atoms with Gasteiger partial charge in [-0.15, -0.1) is 0 Å². The lowest BCUT2D eigenvalue weighted by Crippen LogP contribution is -2.46. The van der Waals surface area contributed by atoms with Crippen LogP contribution in [-0.4, -0.2) is 66.3 Å². The minimum absolute atomic E-state index is 0.106. The maximum Gasteiger partial charge on any atom is 0.225 e. The van der Waals surface area contributed by atoms with E-state index in [4.69, 9.17) is 4.74 Å². The van der Waals surface area contributed by atoms with Crippen LogP contribution >= 0.6 is 0 Å². The van der Waals surface area contributed by atoms with Crippen molar-refractivity contribution in [1.29, 1.82) is 0 Å². The van der Waals surface area contributed by atoms with Gasteiger partial charge in [-0.2, -0.15) is 0 Å². The first-order valence-corrected chi connectivity index (χ1v) is 13.5. The average molecular weight is 522 g/mol. The Labute approximate surface area is 221 Å². The van der Waals surface area contributed by atoms with Crippen molar-refractivity contribution >= 4 is 34.0 Å². The van der Waals surface area contributed by atoms with E-state index < -0.39 is 11.0 Å². The molecule has 4 rings (SSSR count). The number of anilines is 3. The number of nitrogens with one attached hydrogen (secondary N) is 1. The van der Waals surface area contributed by atoms with E-state index in [9.17, 15) is 9.00 Å². The van der Waals surface area contributed by atoms with Crippen LogP contribution in [0.5, 0.6) is 5.75 Å². The number of hydrogen-bond donors (Lipinski definition) is 1. The van der Waals surface area contributed by atoms with Gasteiger partial charge < -0.3 is 19.9 Å². The first-order chi connectivity index (χ1) is 17.9. The van der Waals surface area contributed by atoms with E-state index in [1.165, 1.54) is 5.69 Å². The van der Waals surface area contributed by atoms with Crippen LogP contribution < -0.4 is 19.9 Å². The second-order valence-electron chi connectivity index (χ2n) is 9.22. The van der Waals surface area contributed by atoms with Crippen LogP contribution in [0.15, 0.2) is 65.8 Å². The first kappa shape index (κ1) is 26.6. The van der Waals surface area contributed by atoms with Crippen LogP contribution in [-0.2, 0) is 15.8 Å². The van der Waals surface area contributed by atoms with Gasteiger partial charge in [0.25, 0.3) is 0 Å². The Hall–Kier alpha value is -3.43. The number of aryl methyl sites for hydroxylation is 2. The summed E-state index contributed by atoms with van der Waals surface area (Å²) in [4.78, 5) is 22.2. The lowest BCUT2D eigenvalue weighted by molar-refractivity contribution is -0.116. The maximum atomic E-state index is 13.1. The third kappa shape index (κ3) is 6.67. The van der Waals surface area contributed by atoms with Crippen molar-refractivity contribution in [3.63, 3.8) is 0 Å². The third-order valence-electron chi connectivity index (χ3n) is 6.60. The number of hydrogen-bond acceptors (Lipinski definition) is 6. The zero-order chi connectivity index (χ0) is 26.4. The molecule has 8 nitrogen and oxygen atoms in total. The van der Waals surface area contributed by atoms with E-state index in [1.54, 1.807) is 18.5 Å². The number of carbonyl (C=O) groups excluding carboxylic acids is 1. The van der Waals surface area contributed by atoms with Crippen LogP contribution in [0.1, 0.15) is 17.5 Å². The predicted octanol–water partition coefficient (Wildman–Crippen LogP) is 4.02. The second kappa shape index (κ2) is 12.2. The summed E-state index contributed by atoms with van der Waals surface area (Å²) < 4.78 is 20.1. The van der Waals surface area contributed by atoms with E-state index in [0.717, 1.165) is 59.3 Å². The molecule has 0 saturated carbocycles. The molecule has 1 aliphatic rings. The van der Waals surface area contributed by atoms with Gasteiger partial charge >= 0.3 is 0 Å². The molecule has 0 aliphatic carbocycles. The number of nitrogens with zero attached hydrogens (tertiary/aromatic N) is 4. The van der Waals surface area contributed by atoms with Crippen molar-refractivity contribution in [2.24, 2.45) is 0 Å². The topological polar surface area (TPSA) is 78.0 Å². The molecule has 1 atom stereocenters. The van der Waals surface area contributed by atoms with Gasteiger partial charge in [0, 0.05) is 75.6 Å². The molecule has 37 heavy (non-hydrogen) atoms. The Morgan fingerprint density at radius 1 is 0.973 bits per heavy atom. The van der Waals surface area contributed by atoms with Gasteiger partial charge in [0.15, 0.2) is 0 Å². The van der Waals surface area contributed by atoms with Crippen molar-refractivity contribution in [2.75, 3.05) is 62.0 Å². The molecule has 196 valence electrons. The number of pyridine rings is 1. The van der Waals surface area contributed by atoms with Crippen molar-refractivity contribution in [2.45, 2.75) is 25.2 Å². The minimum atomic E-state index is -1.36. The summed E-state index contributed by atoms with van der Waals surface area (Å²) in [6, 6.07) is 15.8. The van der Waals surface area contributed by atoms with E-state index in [0.29, 0.717) is 6.54 Å². The highest BCUT2D eigenvalue weighted by Crippen LogP contribution is 2.26. The zero-order valence-corrected chi connectivity index (χ0v) is 22.8. The number of benzene rings is 2. The molecule has 1 fully saturated rings. The van der Waals surface area contributed by atoms with Crippen molar-refractivity contribution in [3.8, 4) is 5.75 Å². The first-order valence-electron chi connectivity index (χ1n) is 12.4. The number of methoxy groups -OCH3 is 1. The summed E-state index contributed by atoms with van der Waals surface area (Å²) in [5.74, 6) is 0.641. The van der Waals surface area contributed by atoms with Crippen LogP contribution in [0.25, 0.3) is 0 Å². The summed E-state index contributed by atoms with van der Waals surface area (Å²) in [6.07, 6.45) is 3.90. The van der Waals surface area contributed by atoms with E-state index in [1.807, 2.05) is 74.8 Å². The smallest absolute Gasteiger partial charge is 0.225 e. The van der Waals surface area contributed by atoms with E-state index >= 15 is 0 Å². The van der Waals surface area contributed by atoms with Gasteiger partial charge in [-0.1, -0.05) is 0 Å². The van der Waals surface area contributed by atoms with Gasteiger partial charge in [0.2, 0.25) is 5.91 Å². The molecule has 0 bridgehead atoms. The van der Waals surface area contributed by atoms with Gasteiger partial charge in [0.05, 0.1) is 12.0 Å². The van der Waals surface area contributed by atoms with Gasteiger partial charge in [-0.25, -0.2) is 8.51 Å².